The number of aromatic nitrogens is 1. The summed E-state index contributed by atoms with van der Waals surface area (Å²) in [5, 5.41) is 0.681. The minimum atomic E-state index is 0.681. The third-order valence-corrected chi connectivity index (χ3v) is 4.14. The van der Waals surface area contributed by atoms with Gasteiger partial charge in [0, 0.05) is 24.5 Å². The van der Waals surface area contributed by atoms with Crippen molar-refractivity contribution in [2.75, 3.05) is 18.9 Å². The second-order valence-corrected chi connectivity index (χ2v) is 5.91. The zero-order valence-electron chi connectivity index (χ0n) is 10.9. The molecule has 0 spiro atoms. The minimum absolute atomic E-state index is 0.681. The molecule has 1 aromatic heterocycles. The van der Waals surface area contributed by atoms with Crippen LogP contribution in [0.2, 0.25) is 0 Å². The molecule has 1 aliphatic rings. The molecule has 1 aromatic carbocycles. The molecule has 19 heavy (non-hydrogen) atoms. The van der Waals surface area contributed by atoms with Gasteiger partial charge in [-0.1, -0.05) is 17.7 Å². The topological polar surface area (TPSA) is 51.4 Å². The number of fused-ring (bicyclic) bond motifs is 1. The molecule has 100 valence electrons. The Balaban J connectivity index is 1.47. The molecule has 0 fully saturated rings. The average Bonchev–Trinajstić information content (AvgIpc) is 2.88. The maximum atomic E-state index is 5.74. The van der Waals surface area contributed by atoms with Crippen LogP contribution >= 0.6 is 11.3 Å². The summed E-state index contributed by atoms with van der Waals surface area (Å²) in [6.07, 6.45) is 0. The largest absolute Gasteiger partial charge is 0.492 e. The molecule has 0 saturated heterocycles. The second-order valence-electron chi connectivity index (χ2n) is 4.79. The number of hydrogen-bond donors (Lipinski definition) is 1. The highest BCUT2D eigenvalue weighted by Gasteiger charge is 2.22. The van der Waals surface area contributed by atoms with Crippen molar-refractivity contribution in [3.05, 3.63) is 40.4 Å². The summed E-state index contributed by atoms with van der Waals surface area (Å²) < 4.78 is 5.74. The van der Waals surface area contributed by atoms with Crippen LogP contribution < -0.4 is 10.5 Å². The Morgan fingerprint density at radius 3 is 2.84 bits per heavy atom. The summed E-state index contributed by atoms with van der Waals surface area (Å²) in [7, 11) is 0. The van der Waals surface area contributed by atoms with Crippen molar-refractivity contribution in [2.45, 2.75) is 20.0 Å². The van der Waals surface area contributed by atoms with E-state index in [1.165, 1.54) is 10.4 Å². The van der Waals surface area contributed by atoms with Gasteiger partial charge < -0.3 is 10.5 Å². The Bertz CT molecular complexity index is 541. The van der Waals surface area contributed by atoms with Gasteiger partial charge in [0.05, 0.1) is 5.69 Å². The SMILES string of the molecule is Cc1ccc(OCCN2Cc3nc(N)sc3C2)cc1. The fourth-order valence-electron chi connectivity index (χ4n) is 2.21. The van der Waals surface area contributed by atoms with E-state index in [9.17, 15) is 0 Å². The number of nitrogens with two attached hydrogens (primary N) is 1. The van der Waals surface area contributed by atoms with Crippen LogP contribution in [0.3, 0.4) is 0 Å². The van der Waals surface area contributed by atoms with Crippen LogP contribution in [0.5, 0.6) is 5.75 Å². The maximum absolute atomic E-state index is 5.74. The predicted octanol–water partition coefficient (Wildman–Crippen LogP) is 2.43. The van der Waals surface area contributed by atoms with Crippen molar-refractivity contribution in [2.24, 2.45) is 0 Å². The van der Waals surface area contributed by atoms with Gasteiger partial charge in [-0.25, -0.2) is 4.98 Å². The van der Waals surface area contributed by atoms with Gasteiger partial charge in [-0.2, -0.15) is 0 Å². The molecule has 1 aliphatic heterocycles. The third-order valence-electron chi connectivity index (χ3n) is 3.23. The molecule has 0 unspecified atom stereocenters. The molecule has 4 nitrogen and oxygen atoms in total. The van der Waals surface area contributed by atoms with Crippen molar-refractivity contribution in [1.29, 1.82) is 0 Å². The number of ether oxygens (including phenoxy) is 1. The molecule has 0 radical (unpaired) electrons. The Labute approximate surface area is 116 Å². The van der Waals surface area contributed by atoms with Gasteiger partial charge in [-0.15, -0.1) is 11.3 Å². The van der Waals surface area contributed by atoms with E-state index in [1.54, 1.807) is 11.3 Å². The van der Waals surface area contributed by atoms with Crippen molar-refractivity contribution in [1.82, 2.24) is 9.88 Å². The summed E-state index contributed by atoms with van der Waals surface area (Å²) in [6.45, 7) is 5.52. The molecule has 0 saturated carbocycles. The zero-order chi connectivity index (χ0) is 13.2. The Morgan fingerprint density at radius 1 is 1.32 bits per heavy atom. The molecule has 2 aromatic rings. The van der Waals surface area contributed by atoms with E-state index in [-0.39, 0.29) is 0 Å². The normalized spacial score (nSPS) is 14.6. The number of rotatable bonds is 4. The van der Waals surface area contributed by atoms with E-state index < -0.39 is 0 Å². The van der Waals surface area contributed by atoms with Crippen LogP contribution in [0, 0.1) is 6.92 Å². The lowest BCUT2D eigenvalue weighted by Crippen LogP contribution is -2.23. The number of anilines is 1. The maximum Gasteiger partial charge on any atom is 0.180 e. The highest BCUT2D eigenvalue weighted by atomic mass is 32.1. The summed E-state index contributed by atoms with van der Waals surface area (Å²) in [5.74, 6) is 0.932. The van der Waals surface area contributed by atoms with Crippen molar-refractivity contribution < 1.29 is 4.74 Å². The predicted molar refractivity (Wildman–Crippen MR) is 77.3 cm³/mol. The van der Waals surface area contributed by atoms with E-state index >= 15 is 0 Å². The molecule has 3 rings (SSSR count). The van der Waals surface area contributed by atoms with Gasteiger partial charge in [0.2, 0.25) is 0 Å². The Kier molecular flexibility index (Phi) is 3.40. The molecule has 0 bridgehead atoms. The first-order valence-corrected chi connectivity index (χ1v) is 7.18. The lowest BCUT2D eigenvalue weighted by atomic mass is 10.2. The second kappa shape index (κ2) is 5.19. The molecule has 2 N–H and O–H groups in total. The number of benzene rings is 1. The first-order chi connectivity index (χ1) is 9.20. The summed E-state index contributed by atoms with van der Waals surface area (Å²) >= 11 is 1.60. The molecule has 0 aliphatic carbocycles. The van der Waals surface area contributed by atoms with E-state index in [4.69, 9.17) is 10.5 Å². The number of thiazole rings is 1. The molecule has 5 heteroatoms. The van der Waals surface area contributed by atoms with Crippen LogP contribution in [0.15, 0.2) is 24.3 Å². The lowest BCUT2D eigenvalue weighted by Gasteiger charge is -2.15. The quantitative estimate of drug-likeness (QED) is 0.931. The van der Waals surface area contributed by atoms with Crippen LogP contribution in [-0.2, 0) is 13.1 Å². The third kappa shape index (κ3) is 2.88. The van der Waals surface area contributed by atoms with E-state index in [0.29, 0.717) is 11.7 Å². The van der Waals surface area contributed by atoms with Crippen LogP contribution in [0.25, 0.3) is 0 Å². The molecular formula is C14H17N3OS. The van der Waals surface area contributed by atoms with Crippen molar-refractivity contribution in [3.63, 3.8) is 0 Å². The number of aryl methyl sites for hydroxylation is 1. The molecule has 0 amide bonds. The van der Waals surface area contributed by atoms with E-state index in [1.807, 2.05) is 12.1 Å². The van der Waals surface area contributed by atoms with Gasteiger partial charge in [0.15, 0.2) is 5.13 Å². The van der Waals surface area contributed by atoms with Crippen LogP contribution in [0.1, 0.15) is 16.1 Å². The zero-order valence-corrected chi connectivity index (χ0v) is 11.7. The Morgan fingerprint density at radius 2 is 2.11 bits per heavy atom. The highest BCUT2D eigenvalue weighted by molar-refractivity contribution is 7.15. The van der Waals surface area contributed by atoms with Gasteiger partial charge in [-0.05, 0) is 19.1 Å². The van der Waals surface area contributed by atoms with Crippen molar-refractivity contribution >= 4 is 16.5 Å². The monoisotopic (exact) mass is 275 g/mol. The lowest BCUT2D eigenvalue weighted by molar-refractivity contribution is 0.211. The van der Waals surface area contributed by atoms with E-state index in [0.717, 1.165) is 31.1 Å². The van der Waals surface area contributed by atoms with Crippen LogP contribution in [0.4, 0.5) is 5.13 Å². The van der Waals surface area contributed by atoms with E-state index in [2.05, 4.69) is 28.9 Å². The fourth-order valence-corrected chi connectivity index (χ4v) is 3.09. The number of hydrogen-bond acceptors (Lipinski definition) is 5. The summed E-state index contributed by atoms with van der Waals surface area (Å²) in [6, 6.07) is 8.15. The molecular weight excluding hydrogens is 258 g/mol. The molecule has 2 heterocycles. The fraction of sp³-hybridized carbons (Fsp3) is 0.357. The average molecular weight is 275 g/mol. The highest BCUT2D eigenvalue weighted by Crippen LogP contribution is 2.28. The van der Waals surface area contributed by atoms with Gasteiger partial charge in [0.25, 0.3) is 0 Å². The number of nitrogens with zero attached hydrogens (tertiary/aromatic N) is 2. The standard InChI is InChI=1S/C14H17N3OS/c1-10-2-4-11(5-3-10)18-7-6-17-8-12-13(9-17)19-14(15)16-12/h2-5H,6-9H2,1H3,(H2,15,16). The first-order valence-electron chi connectivity index (χ1n) is 6.36. The van der Waals surface area contributed by atoms with Gasteiger partial charge >= 0.3 is 0 Å². The smallest absolute Gasteiger partial charge is 0.180 e. The summed E-state index contributed by atoms with van der Waals surface area (Å²) in [4.78, 5) is 7.97. The molecule has 0 atom stereocenters. The Hall–Kier alpha value is -1.59. The van der Waals surface area contributed by atoms with Crippen molar-refractivity contribution in [3.8, 4) is 5.75 Å². The minimum Gasteiger partial charge on any atom is -0.492 e. The number of nitrogen functional groups attached to an aromatic ring is 1. The first kappa shape index (κ1) is 12.4. The van der Waals surface area contributed by atoms with Gasteiger partial charge in [-0.3, -0.25) is 4.90 Å². The van der Waals surface area contributed by atoms with Gasteiger partial charge in [0.1, 0.15) is 12.4 Å². The van der Waals surface area contributed by atoms with Crippen LogP contribution in [-0.4, -0.2) is 23.0 Å². The summed E-state index contributed by atoms with van der Waals surface area (Å²) in [5.41, 5.74) is 8.07.